The Kier molecular flexibility index (Phi) is 11.0. The Labute approximate surface area is 289 Å². The second-order valence-electron chi connectivity index (χ2n) is 12.6. The Morgan fingerprint density at radius 1 is 1.02 bits per heavy atom. The number of thioether (sulfide) groups is 1. The van der Waals surface area contributed by atoms with E-state index in [4.69, 9.17) is 4.74 Å². The van der Waals surface area contributed by atoms with Crippen LogP contribution < -0.4 is 20.7 Å². The molecule has 1 unspecified atom stereocenters. The van der Waals surface area contributed by atoms with E-state index < -0.39 is 11.8 Å². The topological polar surface area (TPSA) is 120 Å². The van der Waals surface area contributed by atoms with Crippen LogP contribution in [0.1, 0.15) is 59.1 Å². The number of hydrogen-bond acceptors (Lipinski definition) is 7. The summed E-state index contributed by atoms with van der Waals surface area (Å²) in [6.45, 7) is 6.76. The van der Waals surface area contributed by atoms with Crippen molar-refractivity contribution in [2.24, 2.45) is 11.3 Å². The van der Waals surface area contributed by atoms with Gasteiger partial charge in [-0.25, -0.2) is 0 Å². The first-order valence-electron chi connectivity index (χ1n) is 15.6. The third-order valence-electron chi connectivity index (χ3n) is 8.25. The summed E-state index contributed by atoms with van der Waals surface area (Å²) in [5, 5.41) is 19.1. The highest BCUT2D eigenvalue weighted by atomic mass is 32.2. The van der Waals surface area contributed by atoms with Gasteiger partial charge in [-0.2, -0.15) is 5.26 Å². The molecule has 0 fully saturated rings. The van der Waals surface area contributed by atoms with Crippen molar-refractivity contribution >= 4 is 57.6 Å². The van der Waals surface area contributed by atoms with Crippen LogP contribution in [0.4, 0.5) is 10.7 Å². The van der Waals surface area contributed by atoms with Crippen LogP contribution in [0, 0.1) is 22.7 Å². The predicted octanol–water partition coefficient (Wildman–Crippen LogP) is 7.92. The van der Waals surface area contributed by atoms with Gasteiger partial charge in [0, 0.05) is 21.0 Å². The molecule has 3 aromatic carbocycles. The van der Waals surface area contributed by atoms with Gasteiger partial charge in [0.25, 0.3) is 11.8 Å². The molecule has 3 N–H and O–H groups in total. The number of fused-ring (bicyclic) bond motifs is 1. The van der Waals surface area contributed by atoms with Crippen LogP contribution in [-0.2, 0) is 22.4 Å². The van der Waals surface area contributed by atoms with Crippen LogP contribution in [0.3, 0.4) is 0 Å². The minimum atomic E-state index is -0.513. The molecule has 4 aromatic rings. The van der Waals surface area contributed by atoms with E-state index in [1.54, 1.807) is 79.9 Å². The van der Waals surface area contributed by atoms with E-state index in [0.717, 1.165) is 29.7 Å². The van der Waals surface area contributed by atoms with Crippen LogP contribution in [0.25, 0.3) is 6.08 Å². The fourth-order valence-corrected chi connectivity index (χ4v) is 7.59. The number of benzene rings is 3. The quantitative estimate of drug-likeness (QED) is 0.116. The number of carbonyl (C=O) groups excluding carboxylic acids is 3. The van der Waals surface area contributed by atoms with E-state index in [9.17, 15) is 19.6 Å². The summed E-state index contributed by atoms with van der Waals surface area (Å²) in [6.07, 6.45) is 4.40. The summed E-state index contributed by atoms with van der Waals surface area (Å²) in [5.74, 6) is 0.142. The summed E-state index contributed by atoms with van der Waals surface area (Å²) >= 11 is 2.84. The second-order valence-corrected chi connectivity index (χ2v) is 14.8. The van der Waals surface area contributed by atoms with Gasteiger partial charge in [-0.1, -0.05) is 57.2 Å². The van der Waals surface area contributed by atoms with Crippen LogP contribution in [-0.4, -0.2) is 30.6 Å². The van der Waals surface area contributed by atoms with Crippen molar-refractivity contribution in [3.8, 4) is 11.8 Å². The first-order chi connectivity index (χ1) is 23.0. The zero-order chi connectivity index (χ0) is 34.3. The lowest BCUT2D eigenvalue weighted by Gasteiger charge is -2.33. The fourth-order valence-electron chi connectivity index (χ4n) is 5.55. The van der Waals surface area contributed by atoms with Gasteiger partial charge in [0.2, 0.25) is 5.91 Å². The van der Waals surface area contributed by atoms with Crippen molar-refractivity contribution < 1.29 is 19.1 Å². The van der Waals surface area contributed by atoms with Gasteiger partial charge in [0.05, 0.1) is 18.4 Å². The van der Waals surface area contributed by atoms with Gasteiger partial charge < -0.3 is 20.7 Å². The lowest BCUT2D eigenvalue weighted by atomic mass is 9.72. The van der Waals surface area contributed by atoms with Gasteiger partial charge in [0.1, 0.15) is 22.5 Å². The average Bonchev–Trinajstić information content (AvgIpc) is 3.43. The van der Waals surface area contributed by atoms with Gasteiger partial charge in [0.15, 0.2) is 0 Å². The highest BCUT2D eigenvalue weighted by Crippen LogP contribution is 2.44. The number of thiophene rings is 1. The molecule has 0 radical (unpaired) electrons. The lowest BCUT2D eigenvalue weighted by Crippen LogP contribution is -2.30. The Morgan fingerprint density at radius 3 is 2.52 bits per heavy atom. The number of nitrogens with one attached hydrogen (secondary N) is 3. The Balaban J connectivity index is 1.25. The molecule has 0 saturated carbocycles. The maximum Gasteiger partial charge on any atom is 0.272 e. The molecule has 246 valence electrons. The highest BCUT2D eigenvalue weighted by Gasteiger charge is 2.32. The van der Waals surface area contributed by atoms with Gasteiger partial charge in [-0.3, -0.25) is 14.4 Å². The summed E-state index contributed by atoms with van der Waals surface area (Å²) < 4.78 is 5.31. The molecule has 0 spiro atoms. The maximum absolute atomic E-state index is 13.5. The average molecular weight is 679 g/mol. The number of hydrogen-bond donors (Lipinski definition) is 3. The zero-order valence-corrected chi connectivity index (χ0v) is 29.0. The maximum atomic E-state index is 13.5. The Morgan fingerprint density at radius 2 is 1.79 bits per heavy atom. The molecule has 1 heterocycles. The SMILES string of the molecule is COc1cccc(/C=C(\NC(=O)c2ccccc2)C(=O)Nc2cccc(SCC(=O)Nc3sc4c(c3C#N)CCC(C(C)(C)C)C4)c2)c1. The Bertz CT molecular complexity index is 1890. The monoisotopic (exact) mass is 678 g/mol. The number of rotatable bonds is 10. The molecule has 0 saturated heterocycles. The predicted molar refractivity (Wildman–Crippen MR) is 193 cm³/mol. The smallest absolute Gasteiger partial charge is 0.272 e. The molecule has 1 aliphatic rings. The third kappa shape index (κ3) is 8.73. The second kappa shape index (κ2) is 15.4. The minimum Gasteiger partial charge on any atom is -0.497 e. The van der Waals surface area contributed by atoms with Crippen LogP contribution in [0.15, 0.2) is 89.5 Å². The molecule has 48 heavy (non-hydrogen) atoms. The highest BCUT2D eigenvalue weighted by molar-refractivity contribution is 8.00. The number of carbonyl (C=O) groups is 3. The number of ether oxygens (including phenoxy) is 1. The third-order valence-corrected chi connectivity index (χ3v) is 10.4. The van der Waals surface area contributed by atoms with Crippen molar-refractivity contribution in [3.05, 3.63) is 112 Å². The van der Waals surface area contributed by atoms with Crippen molar-refractivity contribution in [3.63, 3.8) is 0 Å². The van der Waals surface area contributed by atoms with Gasteiger partial charge in [-0.05, 0) is 90.3 Å². The summed E-state index contributed by atoms with van der Waals surface area (Å²) in [5.41, 5.74) is 3.49. The van der Waals surface area contributed by atoms with Crippen molar-refractivity contribution in [2.75, 3.05) is 23.5 Å². The first kappa shape index (κ1) is 34.5. The first-order valence-corrected chi connectivity index (χ1v) is 17.4. The molecule has 10 heteroatoms. The standard InChI is InChI=1S/C38H38N4O4S2/c1-38(2,3)26-16-17-30-31(22-39)37(48-33(30)20-26)42-34(43)23-47-29-15-9-13-27(21-29)40-36(45)32(19-24-10-8-14-28(18-24)46-4)41-35(44)25-11-6-5-7-12-25/h5-15,18-19,21,26H,16-17,20,23H2,1-4H3,(H,40,45)(H,41,44)(H,42,43)/b32-19-. The van der Waals surface area contributed by atoms with Crippen LogP contribution >= 0.6 is 23.1 Å². The molecule has 3 amide bonds. The molecular formula is C38H38N4O4S2. The molecule has 1 aliphatic carbocycles. The summed E-state index contributed by atoms with van der Waals surface area (Å²) in [6, 6.07) is 25.3. The number of amides is 3. The lowest BCUT2D eigenvalue weighted by molar-refractivity contribution is -0.114. The van der Waals surface area contributed by atoms with Gasteiger partial charge >= 0.3 is 0 Å². The number of nitriles is 1. The zero-order valence-electron chi connectivity index (χ0n) is 27.4. The molecule has 1 aromatic heterocycles. The largest absolute Gasteiger partial charge is 0.497 e. The van der Waals surface area contributed by atoms with E-state index in [-0.39, 0.29) is 22.8 Å². The number of anilines is 2. The van der Waals surface area contributed by atoms with E-state index >= 15 is 0 Å². The van der Waals surface area contributed by atoms with E-state index in [0.29, 0.717) is 39.0 Å². The molecule has 8 nitrogen and oxygen atoms in total. The summed E-state index contributed by atoms with van der Waals surface area (Å²) in [4.78, 5) is 41.5. The normalized spacial score (nSPS) is 14.3. The van der Waals surface area contributed by atoms with E-state index in [1.807, 2.05) is 12.1 Å². The molecule has 1 atom stereocenters. The summed E-state index contributed by atoms with van der Waals surface area (Å²) in [7, 11) is 1.56. The number of nitrogens with zero attached hydrogens (tertiary/aromatic N) is 1. The van der Waals surface area contributed by atoms with Crippen molar-refractivity contribution in [1.82, 2.24) is 5.32 Å². The number of methoxy groups -OCH3 is 1. The van der Waals surface area contributed by atoms with Crippen molar-refractivity contribution in [1.29, 1.82) is 5.26 Å². The van der Waals surface area contributed by atoms with Crippen LogP contribution in [0.5, 0.6) is 5.75 Å². The van der Waals surface area contributed by atoms with Gasteiger partial charge in [-0.15, -0.1) is 23.1 Å². The molecule has 5 rings (SSSR count). The fraction of sp³-hybridized carbons (Fsp3) is 0.263. The van der Waals surface area contributed by atoms with Crippen molar-refractivity contribution in [2.45, 2.75) is 44.9 Å². The molecule has 0 bridgehead atoms. The molecule has 0 aliphatic heterocycles. The molecular weight excluding hydrogens is 641 g/mol. The Hall–Kier alpha value is -4.85. The van der Waals surface area contributed by atoms with E-state index in [2.05, 4.69) is 42.8 Å². The minimum absolute atomic E-state index is 0.0512. The van der Waals surface area contributed by atoms with Crippen LogP contribution in [0.2, 0.25) is 0 Å². The van der Waals surface area contributed by atoms with E-state index in [1.165, 1.54) is 28.0 Å².